The molecule has 114 valence electrons. The molecule has 1 aromatic heterocycles. The van der Waals surface area contributed by atoms with Crippen LogP contribution in [0, 0.1) is 11.8 Å². The van der Waals surface area contributed by atoms with Crippen LogP contribution >= 0.6 is 15.9 Å². The first-order valence-electron chi connectivity index (χ1n) is 7.03. The minimum atomic E-state index is 0.0145. The van der Waals surface area contributed by atoms with Gasteiger partial charge in [-0.2, -0.15) is 4.98 Å². The lowest BCUT2D eigenvalue weighted by Crippen LogP contribution is -2.33. The van der Waals surface area contributed by atoms with Gasteiger partial charge < -0.3 is 15.1 Å². The van der Waals surface area contributed by atoms with Gasteiger partial charge in [-0.15, -0.1) is 0 Å². The lowest BCUT2D eigenvalue weighted by Gasteiger charge is -2.13. The van der Waals surface area contributed by atoms with Crippen LogP contribution in [-0.2, 0) is 4.79 Å². The van der Waals surface area contributed by atoms with Crippen molar-refractivity contribution in [2.45, 2.75) is 20.8 Å². The number of nitrogens with zero attached hydrogens (tertiary/aromatic N) is 1. The highest BCUT2D eigenvalue weighted by molar-refractivity contribution is 9.10. The molecule has 0 aliphatic heterocycles. The molecule has 6 heteroatoms. The number of aromatic nitrogens is 1. The molecule has 1 unspecified atom stereocenters. The van der Waals surface area contributed by atoms with Gasteiger partial charge in [0.15, 0.2) is 5.58 Å². The van der Waals surface area contributed by atoms with Gasteiger partial charge in [-0.1, -0.05) is 36.7 Å². The third kappa shape index (κ3) is 4.46. The third-order valence-electron chi connectivity index (χ3n) is 3.10. The van der Waals surface area contributed by atoms with E-state index in [0.29, 0.717) is 19.1 Å². The van der Waals surface area contributed by atoms with E-state index < -0.39 is 0 Å². The van der Waals surface area contributed by atoms with Crippen molar-refractivity contribution in [3.05, 3.63) is 22.7 Å². The van der Waals surface area contributed by atoms with Crippen molar-refractivity contribution in [3.8, 4) is 0 Å². The quantitative estimate of drug-likeness (QED) is 0.834. The molecule has 0 aliphatic rings. The minimum absolute atomic E-state index is 0.0145. The normalized spacial score (nSPS) is 12.6. The Morgan fingerprint density at radius 1 is 1.33 bits per heavy atom. The first-order chi connectivity index (χ1) is 9.95. The molecule has 0 aliphatic carbocycles. The highest BCUT2D eigenvalue weighted by Crippen LogP contribution is 2.22. The lowest BCUT2D eigenvalue weighted by atomic mass is 10.1. The number of nitrogens with one attached hydrogen (secondary N) is 2. The van der Waals surface area contributed by atoms with Gasteiger partial charge in [0.2, 0.25) is 5.91 Å². The maximum Gasteiger partial charge on any atom is 0.295 e. The van der Waals surface area contributed by atoms with Crippen molar-refractivity contribution in [2.75, 3.05) is 18.4 Å². The summed E-state index contributed by atoms with van der Waals surface area (Å²) < 4.78 is 6.58. The Kier molecular flexibility index (Phi) is 5.22. The van der Waals surface area contributed by atoms with Crippen molar-refractivity contribution in [3.63, 3.8) is 0 Å². The standard InChI is InChI=1S/C15H20BrN3O2/c1-9(2)14(20)17-7-10(3)8-18-15-19-12-5-4-11(16)6-13(12)21-15/h4-6,9-10H,7-8H2,1-3H3,(H,17,20)(H,18,19). The Morgan fingerprint density at radius 3 is 2.81 bits per heavy atom. The fraction of sp³-hybridized carbons (Fsp3) is 0.467. The summed E-state index contributed by atoms with van der Waals surface area (Å²) in [5.41, 5.74) is 1.56. The number of benzene rings is 1. The van der Waals surface area contributed by atoms with E-state index in [0.717, 1.165) is 15.6 Å². The number of hydrogen-bond acceptors (Lipinski definition) is 4. The Hall–Kier alpha value is -1.56. The molecule has 2 aromatic rings. The van der Waals surface area contributed by atoms with E-state index in [1.807, 2.05) is 32.0 Å². The molecule has 0 fully saturated rings. The van der Waals surface area contributed by atoms with Crippen molar-refractivity contribution < 1.29 is 9.21 Å². The average molecular weight is 354 g/mol. The van der Waals surface area contributed by atoms with E-state index in [1.54, 1.807) is 0 Å². The Labute approximate surface area is 132 Å². The molecule has 1 aromatic carbocycles. The number of anilines is 1. The zero-order chi connectivity index (χ0) is 15.4. The van der Waals surface area contributed by atoms with Gasteiger partial charge in [0.1, 0.15) is 5.52 Å². The molecule has 2 N–H and O–H groups in total. The number of fused-ring (bicyclic) bond motifs is 1. The van der Waals surface area contributed by atoms with Crippen LogP contribution in [0.15, 0.2) is 27.1 Å². The number of carbonyl (C=O) groups excluding carboxylic acids is 1. The van der Waals surface area contributed by atoms with Crippen LogP contribution < -0.4 is 10.6 Å². The molecule has 2 rings (SSSR count). The maximum atomic E-state index is 11.5. The topological polar surface area (TPSA) is 67.2 Å². The first-order valence-corrected chi connectivity index (χ1v) is 7.82. The molecular weight excluding hydrogens is 334 g/mol. The fourth-order valence-corrected chi connectivity index (χ4v) is 2.13. The Bertz CT molecular complexity index is 624. The van der Waals surface area contributed by atoms with Crippen LogP contribution in [0.25, 0.3) is 11.1 Å². The molecule has 0 saturated heterocycles. The summed E-state index contributed by atoms with van der Waals surface area (Å²) in [6, 6.07) is 6.23. The SMILES string of the molecule is CC(CNC(=O)C(C)C)CNc1nc2ccc(Br)cc2o1. The lowest BCUT2D eigenvalue weighted by molar-refractivity contribution is -0.124. The first kappa shape index (κ1) is 15.8. The summed E-state index contributed by atoms with van der Waals surface area (Å²) in [5, 5.41) is 6.08. The van der Waals surface area contributed by atoms with Crippen LogP contribution in [0.5, 0.6) is 0 Å². The highest BCUT2D eigenvalue weighted by atomic mass is 79.9. The summed E-state index contributed by atoms with van der Waals surface area (Å²) in [6.07, 6.45) is 0. The summed E-state index contributed by atoms with van der Waals surface area (Å²) in [4.78, 5) is 15.9. The van der Waals surface area contributed by atoms with E-state index in [2.05, 4.69) is 38.5 Å². The molecule has 0 radical (unpaired) electrons. The average Bonchev–Trinajstić information content (AvgIpc) is 2.84. The van der Waals surface area contributed by atoms with E-state index in [-0.39, 0.29) is 17.7 Å². The summed E-state index contributed by atoms with van der Waals surface area (Å²) in [6.45, 7) is 7.15. The molecular formula is C15H20BrN3O2. The molecule has 5 nitrogen and oxygen atoms in total. The number of oxazole rings is 1. The second kappa shape index (κ2) is 6.93. The number of amides is 1. The van der Waals surface area contributed by atoms with Crippen LogP contribution in [0.3, 0.4) is 0 Å². The predicted molar refractivity (Wildman–Crippen MR) is 87.2 cm³/mol. The van der Waals surface area contributed by atoms with E-state index in [4.69, 9.17) is 4.42 Å². The highest BCUT2D eigenvalue weighted by Gasteiger charge is 2.10. The monoisotopic (exact) mass is 353 g/mol. The van der Waals surface area contributed by atoms with E-state index >= 15 is 0 Å². The molecule has 1 amide bonds. The fourth-order valence-electron chi connectivity index (χ4n) is 1.79. The van der Waals surface area contributed by atoms with Gasteiger partial charge in [-0.3, -0.25) is 4.79 Å². The summed E-state index contributed by atoms with van der Waals surface area (Å²) >= 11 is 3.40. The number of hydrogen-bond donors (Lipinski definition) is 2. The van der Waals surface area contributed by atoms with Crippen molar-refractivity contribution in [1.29, 1.82) is 0 Å². The summed E-state index contributed by atoms with van der Waals surface area (Å²) in [7, 11) is 0. The van der Waals surface area contributed by atoms with Gasteiger partial charge in [-0.25, -0.2) is 0 Å². The van der Waals surface area contributed by atoms with Gasteiger partial charge in [0.05, 0.1) is 0 Å². The van der Waals surface area contributed by atoms with Crippen molar-refractivity contribution in [2.24, 2.45) is 11.8 Å². The van der Waals surface area contributed by atoms with E-state index in [9.17, 15) is 4.79 Å². The number of carbonyl (C=O) groups is 1. The summed E-state index contributed by atoms with van der Waals surface area (Å²) in [5.74, 6) is 0.378. The van der Waals surface area contributed by atoms with Crippen LogP contribution in [0.1, 0.15) is 20.8 Å². The Balaban J connectivity index is 1.85. The predicted octanol–water partition coefficient (Wildman–Crippen LogP) is 3.41. The number of rotatable bonds is 6. The van der Waals surface area contributed by atoms with Crippen LogP contribution in [0.4, 0.5) is 6.01 Å². The second-order valence-corrected chi connectivity index (χ2v) is 6.43. The van der Waals surface area contributed by atoms with Crippen molar-refractivity contribution >= 4 is 39.0 Å². The van der Waals surface area contributed by atoms with Gasteiger partial charge >= 0.3 is 0 Å². The molecule has 0 spiro atoms. The second-order valence-electron chi connectivity index (χ2n) is 5.52. The molecule has 0 saturated carbocycles. The third-order valence-corrected chi connectivity index (χ3v) is 3.59. The minimum Gasteiger partial charge on any atom is -0.424 e. The van der Waals surface area contributed by atoms with Crippen molar-refractivity contribution in [1.82, 2.24) is 10.3 Å². The van der Waals surface area contributed by atoms with Gasteiger partial charge in [-0.05, 0) is 24.1 Å². The zero-order valence-electron chi connectivity index (χ0n) is 12.4. The molecule has 21 heavy (non-hydrogen) atoms. The number of halogens is 1. The molecule has 1 atom stereocenters. The largest absolute Gasteiger partial charge is 0.424 e. The maximum absolute atomic E-state index is 11.5. The molecule has 1 heterocycles. The van der Waals surface area contributed by atoms with Crippen LogP contribution in [0.2, 0.25) is 0 Å². The molecule has 0 bridgehead atoms. The van der Waals surface area contributed by atoms with Crippen LogP contribution in [-0.4, -0.2) is 24.0 Å². The zero-order valence-corrected chi connectivity index (χ0v) is 14.0. The Morgan fingerprint density at radius 2 is 2.10 bits per heavy atom. The van der Waals surface area contributed by atoms with Gasteiger partial charge in [0.25, 0.3) is 6.01 Å². The van der Waals surface area contributed by atoms with Gasteiger partial charge in [0, 0.05) is 23.5 Å². The van der Waals surface area contributed by atoms with E-state index in [1.165, 1.54) is 0 Å². The smallest absolute Gasteiger partial charge is 0.295 e.